The van der Waals surface area contributed by atoms with Crippen molar-refractivity contribution in [2.24, 2.45) is 0 Å². The molecule has 2 rings (SSSR count). The molecule has 0 atom stereocenters. The molecule has 1 heterocycles. The second-order valence-electron chi connectivity index (χ2n) is 5.54. The van der Waals surface area contributed by atoms with Gasteiger partial charge in [0, 0.05) is 26.0 Å². The van der Waals surface area contributed by atoms with Gasteiger partial charge >= 0.3 is 0 Å². The van der Waals surface area contributed by atoms with Gasteiger partial charge in [-0.25, -0.2) is 0 Å². The topological polar surface area (TPSA) is 60.9 Å². The van der Waals surface area contributed by atoms with Gasteiger partial charge in [0.15, 0.2) is 0 Å². The van der Waals surface area contributed by atoms with Crippen LogP contribution in [0.3, 0.4) is 0 Å². The van der Waals surface area contributed by atoms with Crippen LogP contribution in [-0.2, 0) is 10.1 Å². The number of hydrogen-bond acceptors (Lipinski definition) is 4. The van der Waals surface area contributed by atoms with Gasteiger partial charge in [-0.1, -0.05) is 25.5 Å². The Morgan fingerprint density at radius 3 is 2.36 bits per heavy atom. The molecular weight excluding hydrogens is 300 g/mol. The van der Waals surface area contributed by atoms with Gasteiger partial charge < -0.3 is 9.80 Å². The number of rotatable bonds is 4. The summed E-state index contributed by atoms with van der Waals surface area (Å²) in [5.74, 6) is 0. The van der Waals surface area contributed by atoms with Gasteiger partial charge in [0.1, 0.15) is 0 Å². The van der Waals surface area contributed by atoms with Crippen molar-refractivity contribution in [3.63, 3.8) is 0 Å². The lowest BCUT2D eigenvalue weighted by Gasteiger charge is -2.17. The minimum absolute atomic E-state index is 0.0116. The summed E-state index contributed by atoms with van der Waals surface area (Å²) in [5, 5.41) is 0. The van der Waals surface area contributed by atoms with Gasteiger partial charge in [-0.3, -0.25) is 4.55 Å². The standard InChI is InChI=1S/C8H16N2.C8H10O3S/c1-3-4-5-10-7-6-9(2)8-10;1-6-4-3-5-8(7(6)2)12(9,10)11/h6-7H,3-5,8H2,1-2H3;3-5H,1-2H3,(H,9,10,11). The van der Waals surface area contributed by atoms with E-state index in [2.05, 4.69) is 36.2 Å². The fourth-order valence-electron chi connectivity index (χ4n) is 2.10. The molecule has 1 N–H and O–H groups in total. The Hall–Kier alpha value is -1.53. The number of aryl methyl sites for hydroxylation is 1. The molecule has 22 heavy (non-hydrogen) atoms. The first-order valence-corrected chi connectivity index (χ1v) is 8.86. The second-order valence-corrected chi connectivity index (χ2v) is 6.93. The fraction of sp³-hybridized carbons (Fsp3) is 0.500. The maximum Gasteiger partial charge on any atom is 0.294 e. The summed E-state index contributed by atoms with van der Waals surface area (Å²) in [6.07, 6.45) is 6.87. The van der Waals surface area contributed by atoms with Gasteiger partial charge in [-0.15, -0.1) is 0 Å². The summed E-state index contributed by atoms with van der Waals surface area (Å²) in [6.45, 7) is 7.96. The third kappa shape index (κ3) is 5.69. The second kappa shape index (κ2) is 8.19. The molecular formula is C16H26N2O3S. The van der Waals surface area contributed by atoms with E-state index in [1.54, 1.807) is 26.0 Å². The molecule has 0 spiro atoms. The minimum Gasteiger partial charge on any atom is -0.362 e. The number of benzene rings is 1. The highest BCUT2D eigenvalue weighted by molar-refractivity contribution is 7.85. The van der Waals surface area contributed by atoms with Crippen LogP contribution in [0.15, 0.2) is 35.5 Å². The number of nitrogens with zero attached hydrogens (tertiary/aromatic N) is 2. The van der Waals surface area contributed by atoms with Crippen molar-refractivity contribution in [1.82, 2.24) is 9.80 Å². The predicted octanol–water partition coefficient (Wildman–Crippen LogP) is 3.01. The summed E-state index contributed by atoms with van der Waals surface area (Å²) in [4.78, 5) is 4.52. The molecule has 5 nitrogen and oxygen atoms in total. The summed E-state index contributed by atoms with van der Waals surface area (Å²) in [6, 6.07) is 4.78. The van der Waals surface area contributed by atoms with Gasteiger partial charge in [-0.2, -0.15) is 8.42 Å². The van der Waals surface area contributed by atoms with E-state index in [1.165, 1.54) is 25.5 Å². The van der Waals surface area contributed by atoms with Crippen LogP contribution in [0.4, 0.5) is 0 Å². The van der Waals surface area contributed by atoms with E-state index >= 15 is 0 Å². The molecule has 124 valence electrons. The quantitative estimate of drug-likeness (QED) is 0.862. The molecule has 0 fully saturated rings. The molecule has 1 aliphatic heterocycles. The maximum atomic E-state index is 10.8. The van der Waals surface area contributed by atoms with E-state index in [9.17, 15) is 8.42 Å². The minimum atomic E-state index is -4.06. The zero-order chi connectivity index (χ0) is 16.8. The van der Waals surface area contributed by atoms with Crippen molar-refractivity contribution in [2.45, 2.75) is 38.5 Å². The molecule has 0 amide bonds. The molecule has 6 heteroatoms. The van der Waals surface area contributed by atoms with Crippen molar-refractivity contribution in [2.75, 3.05) is 20.3 Å². The van der Waals surface area contributed by atoms with Crippen LogP contribution < -0.4 is 0 Å². The van der Waals surface area contributed by atoms with Crippen molar-refractivity contribution in [3.05, 3.63) is 41.7 Å². The lowest BCUT2D eigenvalue weighted by atomic mass is 10.1. The van der Waals surface area contributed by atoms with Crippen molar-refractivity contribution in [1.29, 1.82) is 0 Å². The van der Waals surface area contributed by atoms with Crippen LogP contribution in [0.25, 0.3) is 0 Å². The summed E-state index contributed by atoms with van der Waals surface area (Å²) >= 11 is 0. The molecule has 0 unspecified atom stereocenters. The van der Waals surface area contributed by atoms with Crippen LogP contribution >= 0.6 is 0 Å². The highest BCUT2D eigenvalue weighted by Gasteiger charge is 2.12. The van der Waals surface area contributed by atoms with Crippen molar-refractivity contribution < 1.29 is 13.0 Å². The van der Waals surface area contributed by atoms with Gasteiger partial charge in [0.25, 0.3) is 10.1 Å². The molecule has 0 radical (unpaired) electrons. The van der Waals surface area contributed by atoms with E-state index in [4.69, 9.17) is 4.55 Å². The van der Waals surface area contributed by atoms with E-state index in [0.717, 1.165) is 12.2 Å². The Morgan fingerprint density at radius 2 is 1.91 bits per heavy atom. The van der Waals surface area contributed by atoms with Crippen LogP contribution in [0, 0.1) is 13.8 Å². The van der Waals surface area contributed by atoms with E-state index in [1.807, 2.05) is 0 Å². The van der Waals surface area contributed by atoms with Crippen molar-refractivity contribution >= 4 is 10.1 Å². The summed E-state index contributed by atoms with van der Waals surface area (Å²) in [5.41, 5.74) is 1.45. The van der Waals surface area contributed by atoms with Gasteiger partial charge in [0.05, 0.1) is 11.6 Å². The third-order valence-electron chi connectivity index (χ3n) is 3.57. The smallest absolute Gasteiger partial charge is 0.294 e. The molecule has 1 aliphatic rings. The van der Waals surface area contributed by atoms with Crippen LogP contribution in [0.1, 0.15) is 30.9 Å². The average Bonchev–Trinajstić information content (AvgIpc) is 2.85. The fourth-order valence-corrected chi connectivity index (χ4v) is 2.90. The summed E-state index contributed by atoms with van der Waals surface area (Å²) in [7, 11) is -1.96. The number of unbranched alkanes of at least 4 members (excludes halogenated alkanes) is 1. The van der Waals surface area contributed by atoms with E-state index in [0.29, 0.717) is 5.56 Å². The van der Waals surface area contributed by atoms with E-state index in [-0.39, 0.29) is 4.90 Å². The highest BCUT2D eigenvalue weighted by Crippen LogP contribution is 2.17. The van der Waals surface area contributed by atoms with E-state index < -0.39 is 10.1 Å². The Bertz CT molecular complexity index is 612. The largest absolute Gasteiger partial charge is 0.362 e. The molecule has 1 aromatic rings. The molecule has 0 saturated carbocycles. The third-order valence-corrected chi connectivity index (χ3v) is 4.57. The Balaban J connectivity index is 0.000000224. The Morgan fingerprint density at radius 1 is 1.23 bits per heavy atom. The average molecular weight is 326 g/mol. The normalized spacial score (nSPS) is 14.0. The lowest BCUT2D eigenvalue weighted by Crippen LogP contribution is -2.23. The van der Waals surface area contributed by atoms with Crippen molar-refractivity contribution in [3.8, 4) is 0 Å². The first-order chi connectivity index (χ1) is 10.3. The maximum absolute atomic E-state index is 10.8. The molecule has 0 aliphatic carbocycles. The first-order valence-electron chi connectivity index (χ1n) is 7.42. The lowest BCUT2D eigenvalue weighted by molar-refractivity contribution is 0.293. The van der Waals surface area contributed by atoms with Gasteiger partial charge in [-0.05, 0) is 37.5 Å². The first kappa shape index (κ1) is 18.5. The van der Waals surface area contributed by atoms with Crippen LogP contribution in [0.5, 0.6) is 0 Å². The zero-order valence-corrected chi connectivity index (χ0v) is 14.6. The molecule has 0 saturated heterocycles. The van der Waals surface area contributed by atoms with Crippen LogP contribution in [0.2, 0.25) is 0 Å². The monoisotopic (exact) mass is 326 g/mol. The SMILES string of the molecule is CCCCN1C=CN(C)C1.Cc1cccc(S(=O)(=O)O)c1C. The predicted molar refractivity (Wildman–Crippen MR) is 89.1 cm³/mol. The van der Waals surface area contributed by atoms with Gasteiger partial charge in [0.2, 0.25) is 0 Å². The zero-order valence-electron chi connectivity index (χ0n) is 13.8. The molecule has 0 aromatic heterocycles. The Labute approximate surface area is 134 Å². The molecule has 0 bridgehead atoms. The van der Waals surface area contributed by atoms with Crippen LogP contribution in [-0.4, -0.2) is 43.0 Å². The Kier molecular flexibility index (Phi) is 6.90. The number of hydrogen-bond donors (Lipinski definition) is 1. The summed E-state index contributed by atoms with van der Waals surface area (Å²) < 4.78 is 30.3. The molecule has 1 aromatic carbocycles. The highest BCUT2D eigenvalue weighted by atomic mass is 32.2.